The van der Waals surface area contributed by atoms with Crippen LogP contribution >= 0.6 is 0 Å². The van der Waals surface area contributed by atoms with Gasteiger partial charge in [0.25, 0.3) is 0 Å². The average Bonchev–Trinajstić information content (AvgIpc) is 2.96. The molecule has 1 aliphatic heterocycles. The maximum absolute atomic E-state index is 11.3. The summed E-state index contributed by atoms with van der Waals surface area (Å²) >= 11 is 0. The van der Waals surface area contributed by atoms with Gasteiger partial charge in [-0.05, 0) is 19.8 Å². The van der Waals surface area contributed by atoms with Crippen LogP contribution in [-0.2, 0) is 23.8 Å². The molecule has 1 aliphatic rings. The molecular formula is C10H16O5. The number of carbonyl (C=O) groups excluding carboxylic acids is 2. The summed E-state index contributed by atoms with van der Waals surface area (Å²) in [7, 11) is 2.52. The number of epoxide rings is 1. The van der Waals surface area contributed by atoms with Crippen molar-refractivity contribution >= 4 is 11.9 Å². The lowest BCUT2D eigenvalue weighted by Crippen LogP contribution is -2.27. The Balaban J connectivity index is 2.48. The molecule has 1 fully saturated rings. The molecule has 0 aromatic carbocycles. The highest BCUT2D eigenvalue weighted by molar-refractivity contribution is 5.94. The lowest BCUT2D eigenvalue weighted by molar-refractivity contribution is -0.159. The third-order valence-electron chi connectivity index (χ3n) is 2.57. The second-order valence-corrected chi connectivity index (χ2v) is 3.88. The van der Waals surface area contributed by atoms with Crippen LogP contribution in [0.25, 0.3) is 0 Å². The molecule has 0 amide bonds. The Morgan fingerprint density at radius 2 is 1.80 bits per heavy atom. The van der Waals surface area contributed by atoms with Crippen LogP contribution in [0.3, 0.4) is 0 Å². The summed E-state index contributed by atoms with van der Waals surface area (Å²) in [6.45, 7) is 2.63. The van der Waals surface area contributed by atoms with Gasteiger partial charge < -0.3 is 14.2 Å². The molecule has 5 nitrogen and oxygen atoms in total. The van der Waals surface area contributed by atoms with Crippen LogP contribution < -0.4 is 0 Å². The molecule has 86 valence electrons. The highest BCUT2D eigenvalue weighted by Crippen LogP contribution is 2.32. The van der Waals surface area contributed by atoms with Crippen LogP contribution in [0.4, 0.5) is 0 Å². The molecule has 0 aromatic heterocycles. The summed E-state index contributed by atoms with van der Waals surface area (Å²) < 4.78 is 14.2. The first-order chi connectivity index (χ1) is 7.02. The molecule has 0 saturated carbocycles. The van der Waals surface area contributed by atoms with E-state index in [9.17, 15) is 9.59 Å². The SMILES string of the molecule is COC(=O)C(CCC1(C)CO1)C(=O)OC. The van der Waals surface area contributed by atoms with Crippen LogP contribution in [0.2, 0.25) is 0 Å². The van der Waals surface area contributed by atoms with Crippen LogP contribution in [0, 0.1) is 5.92 Å². The normalized spacial score (nSPS) is 23.7. The van der Waals surface area contributed by atoms with E-state index < -0.39 is 17.9 Å². The van der Waals surface area contributed by atoms with Crippen molar-refractivity contribution in [2.75, 3.05) is 20.8 Å². The van der Waals surface area contributed by atoms with Gasteiger partial charge in [0.2, 0.25) is 0 Å². The van der Waals surface area contributed by atoms with E-state index in [1.54, 1.807) is 0 Å². The van der Waals surface area contributed by atoms with E-state index in [-0.39, 0.29) is 5.60 Å². The van der Waals surface area contributed by atoms with Crippen molar-refractivity contribution in [3.63, 3.8) is 0 Å². The standard InChI is InChI=1S/C10H16O5/c1-10(6-15-10)5-4-7(8(11)13-2)9(12)14-3/h7H,4-6H2,1-3H3. The van der Waals surface area contributed by atoms with E-state index in [2.05, 4.69) is 9.47 Å². The fraction of sp³-hybridized carbons (Fsp3) is 0.800. The predicted molar refractivity (Wildman–Crippen MR) is 51.1 cm³/mol. The first-order valence-corrected chi connectivity index (χ1v) is 4.82. The highest BCUT2D eigenvalue weighted by Gasteiger charge is 2.41. The number of hydrogen-bond acceptors (Lipinski definition) is 5. The van der Waals surface area contributed by atoms with Gasteiger partial charge in [0, 0.05) is 0 Å². The van der Waals surface area contributed by atoms with Gasteiger partial charge in [0.1, 0.15) is 0 Å². The number of esters is 2. The van der Waals surface area contributed by atoms with Crippen molar-refractivity contribution < 1.29 is 23.8 Å². The van der Waals surface area contributed by atoms with E-state index in [0.29, 0.717) is 19.4 Å². The third kappa shape index (κ3) is 3.20. The molecule has 5 heteroatoms. The van der Waals surface area contributed by atoms with E-state index >= 15 is 0 Å². The fourth-order valence-corrected chi connectivity index (χ4v) is 1.33. The molecule has 1 saturated heterocycles. The lowest BCUT2D eigenvalue weighted by atomic mass is 9.97. The van der Waals surface area contributed by atoms with E-state index in [1.165, 1.54) is 14.2 Å². The van der Waals surface area contributed by atoms with Gasteiger partial charge >= 0.3 is 11.9 Å². The van der Waals surface area contributed by atoms with Crippen molar-refractivity contribution in [2.24, 2.45) is 5.92 Å². The number of hydrogen-bond donors (Lipinski definition) is 0. The monoisotopic (exact) mass is 216 g/mol. The van der Waals surface area contributed by atoms with Gasteiger partial charge in [-0.2, -0.15) is 0 Å². The van der Waals surface area contributed by atoms with Gasteiger partial charge in [-0.15, -0.1) is 0 Å². The van der Waals surface area contributed by atoms with Crippen molar-refractivity contribution in [3.8, 4) is 0 Å². The summed E-state index contributed by atoms with van der Waals surface area (Å²) in [5.74, 6) is -1.93. The zero-order chi connectivity index (χ0) is 11.5. The number of carbonyl (C=O) groups is 2. The minimum absolute atomic E-state index is 0.166. The zero-order valence-corrected chi connectivity index (χ0v) is 9.24. The van der Waals surface area contributed by atoms with Gasteiger partial charge in [0.05, 0.1) is 26.4 Å². The molecule has 15 heavy (non-hydrogen) atoms. The Morgan fingerprint density at radius 1 is 1.33 bits per heavy atom. The molecule has 0 radical (unpaired) electrons. The molecule has 1 heterocycles. The largest absolute Gasteiger partial charge is 0.468 e. The molecule has 1 atom stereocenters. The second kappa shape index (κ2) is 4.61. The highest BCUT2D eigenvalue weighted by atomic mass is 16.6. The smallest absolute Gasteiger partial charge is 0.320 e. The number of methoxy groups -OCH3 is 2. The topological polar surface area (TPSA) is 65.1 Å². The summed E-state index contributed by atoms with van der Waals surface area (Å²) in [6.07, 6.45) is 1.05. The van der Waals surface area contributed by atoms with Gasteiger partial charge in [-0.25, -0.2) is 0 Å². The summed E-state index contributed by atoms with van der Waals surface area (Å²) in [4.78, 5) is 22.6. The van der Waals surface area contributed by atoms with E-state index in [0.717, 1.165) is 0 Å². The summed E-state index contributed by atoms with van der Waals surface area (Å²) in [5, 5.41) is 0. The molecule has 1 rings (SSSR count). The first-order valence-electron chi connectivity index (χ1n) is 4.82. The Hall–Kier alpha value is -1.10. The van der Waals surface area contributed by atoms with E-state index in [4.69, 9.17) is 4.74 Å². The lowest BCUT2D eigenvalue weighted by Gasteiger charge is -2.13. The first kappa shape index (κ1) is 12.0. The van der Waals surface area contributed by atoms with Crippen LogP contribution in [0.15, 0.2) is 0 Å². The Labute approximate surface area is 88.7 Å². The molecule has 0 spiro atoms. The van der Waals surface area contributed by atoms with Crippen molar-refractivity contribution in [1.29, 1.82) is 0 Å². The Bertz CT molecular complexity index is 241. The van der Waals surface area contributed by atoms with Crippen LogP contribution in [-0.4, -0.2) is 38.4 Å². The van der Waals surface area contributed by atoms with Crippen LogP contribution in [0.5, 0.6) is 0 Å². The van der Waals surface area contributed by atoms with Crippen molar-refractivity contribution in [2.45, 2.75) is 25.4 Å². The molecule has 0 aliphatic carbocycles. The molecule has 0 bridgehead atoms. The Kier molecular flexibility index (Phi) is 3.68. The quantitative estimate of drug-likeness (QED) is 0.381. The molecular weight excluding hydrogens is 200 g/mol. The fourth-order valence-electron chi connectivity index (χ4n) is 1.33. The zero-order valence-electron chi connectivity index (χ0n) is 9.24. The molecule has 0 aromatic rings. The maximum atomic E-state index is 11.3. The van der Waals surface area contributed by atoms with Gasteiger partial charge in [-0.1, -0.05) is 0 Å². The Morgan fingerprint density at radius 3 is 2.13 bits per heavy atom. The number of rotatable bonds is 5. The third-order valence-corrected chi connectivity index (χ3v) is 2.57. The average molecular weight is 216 g/mol. The summed E-state index contributed by atoms with van der Waals surface area (Å²) in [6, 6.07) is 0. The van der Waals surface area contributed by atoms with Crippen molar-refractivity contribution in [3.05, 3.63) is 0 Å². The van der Waals surface area contributed by atoms with E-state index in [1.807, 2.05) is 6.92 Å². The van der Waals surface area contributed by atoms with Crippen molar-refractivity contribution in [1.82, 2.24) is 0 Å². The second-order valence-electron chi connectivity index (χ2n) is 3.88. The van der Waals surface area contributed by atoms with Crippen LogP contribution in [0.1, 0.15) is 19.8 Å². The number of ether oxygens (including phenoxy) is 3. The summed E-state index contributed by atoms with van der Waals surface area (Å²) in [5.41, 5.74) is -0.166. The predicted octanol–water partition coefficient (Wildman–Crippen LogP) is 0.518. The molecule has 0 N–H and O–H groups in total. The minimum Gasteiger partial charge on any atom is -0.468 e. The van der Waals surface area contributed by atoms with Gasteiger partial charge in [-0.3, -0.25) is 9.59 Å². The molecule has 1 unspecified atom stereocenters. The van der Waals surface area contributed by atoms with Gasteiger partial charge in [0.15, 0.2) is 5.92 Å². The minimum atomic E-state index is -0.832. The maximum Gasteiger partial charge on any atom is 0.320 e.